The number of benzene rings is 2. The molecule has 156 valence electrons. The van der Waals surface area contributed by atoms with Crippen LogP contribution >= 0.6 is 0 Å². The fraction of sp³-hybridized carbons (Fsp3) is 0.429. The number of allylic oxidation sites excluding steroid dienone is 4. The first-order chi connectivity index (χ1) is 14.2. The lowest BCUT2D eigenvalue weighted by molar-refractivity contribution is 0.800. The molecular formula is C28H36BN. The standard InChI is InChI=1S/C28H36BN/c1-17(2)22-12-10-13-23(18(3)4)28(22)29-24-16-15-21(8)26(24)27-20(7)11-9-14-25(27)30(29)19(5)6/h9-19,24H,1-8H3. The molecular weight excluding hydrogens is 361 g/mol. The van der Waals surface area contributed by atoms with Crippen LogP contribution in [0.3, 0.4) is 0 Å². The Labute approximate surface area is 184 Å². The van der Waals surface area contributed by atoms with Crippen LogP contribution < -0.4 is 10.3 Å². The minimum absolute atomic E-state index is 0.332. The molecule has 0 radical (unpaired) electrons. The Morgan fingerprint density at radius 1 is 0.833 bits per heavy atom. The molecule has 1 unspecified atom stereocenters. The van der Waals surface area contributed by atoms with Crippen LogP contribution in [-0.2, 0) is 0 Å². The van der Waals surface area contributed by atoms with Gasteiger partial charge in [-0.05, 0) is 78.9 Å². The molecule has 0 spiro atoms. The molecule has 0 saturated carbocycles. The van der Waals surface area contributed by atoms with Crippen molar-refractivity contribution in [1.29, 1.82) is 0 Å². The molecule has 1 aliphatic carbocycles. The molecule has 2 aromatic rings. The highest BCUT2D eigenvalue weighted by molar-refractivity contribution is 6.82. The molecule has 0 amide bonds. The van der Waals surface area contributed by atoms with E-state index in [4.69, 9.17) is 0 Å². The Kier molecular flexibility index (Phi) is 5.47. The van der Waals surface area contributed by atoms with Gasteiger partial charge in [0.15, 0.2) is 0 Å². The SMILES string of the molecule is CC1=C2c3c(C)cccc3N(C(C)C)B(c3c(C(C)C)cccc3C(C)C)C2C=C1. The van der Waals surface area contributed by atoms with Crippen LogP contribution in [0.4, 0.5) is 5.69 Å². The number of hydrogen-bond donors (Lipinski definition) is 0. The van der Waals surface area contributed by atoms with Crippen molar-refractivity contribution in [2.45, 2.75) is 79.1 Å². The summed E-state index contributed by atoms with van der Waals surface area (Å²) in [4.78, 5) is 2.71. The van der Waals surface area contributed by atoms with Gasteiger partial charge in [0.25, 0.3) is 0 Å². The first kappa shape index (κ1) is 21.0. The summed E-state index contributed by atoms with van der Waals surface area (Å²) in [5, 5.41) is 0. The van der Waals surface area contributed by atoms with Gasteiger partial charge in [-0.25, -0.2) is 0 Å². The molecule has 0 aromatic heterocycles. The number of nitrogens with zero attached hydrogens (tertiary/aromatic N) is 1. The van der Waals surface area contributed by atoms with Crippen LogP contribution in [0.1, 0.15) is 82.6 Å². The van der Waals surface area contributed by atoms with E-state index in [1.54, 1.807) is 11.0 Å². The summed E-state index contributed by atoms with van der Waals surface area (Å²) in [6, 6.07) is 14.3. The maximum atomic E-state index is 2.71. The third-order valence-electron chi connectivity index (χ3n) is 7.02. The molecule has 0 fully saturated rings. The van der Waals surface area contributed by atoms with Crippen molar-refractivity contribution < 1.29 is 0 Å². The summed E-state index contributed by atoms with van der Waals surface area (Å²) in [7, 11) is 0. The molecule has 1 aliphatic heterocycles. The van der Waals surface area contributed by atoms with Gasteiger partial charge in [0.1, 0.15) is 0 Å². The van der Waals surface area contributed by atoms with Gasteiger partial charge in [-0.1, -0.05) is 70.2 Å². The van der Waals surface area contributed by atoms with Crippen LogP contribution in [0.15, 0.2) is 54.1 Å². The third-order valence-corrected chi connectivity index (χ3v) is 7.02. The largest absolute Gasteiger partial charge is 0.407 e. The lowest BCUT2D eigenvalue weighted by Gasteiger charge is -2.46. The molecule has 0 saturated heterocycles. The first-order valence-electron chi connectivity index (χ1n) is 11.6. The van der Waals surface area contributed by atoms with Crippen molar-refractivity contribution >= 4 is 23.6 Å². The van der Waals surface area contributed by atoms with E-state index in [0.29, 0.717) is 30.5 Å². The second-order valence-corrected chi connectivity index (χ2v) is 10.1. The highest BCUT2D eigenvalue weighted by atomic mass is 15.1. The predicted molar refractivity (Wildman–Crippen MR) is 134 cm³/mol. The van der Waals surface area contributed by atoms with Crippen LogP contribution in [-0.4, -0.2) is 12.9 Å². The predicted octanol–water partition coefficient (Wildman–Crippen LogP) is 7.08. The third kappa shape index (κ3) is 3.16. The van der Waals surface area contributed by atoms with E-state index in [1.807, 2.05) is 0 Å². The van der Waals surface area contributed by atoms with Crippen molar-refractivity contribution in [3.05, 3.63) is 76.4 Å². The van der Waals surface area contributed by atoms with Gasteiger partial charge in [-0.2, -0.15) is 0 Å². The van der Waals surface area contributed by atoms with Gasteiger partial charge in [-0.15, -0.1) is 0 Å². The minimum atomic E-state index is 0.332. The number of aryl methyl sites for hydroxylation is 1. The van der Waals surface area contributed by atoms with Gasteiger partial charge in [0.05, 0.1) is 0 Å². The summed E-state index contributed by atoms with van der Waals surface area (Å²) in [6.07, 6.45) is 4.83. The van der Waals surface area contributed by atoms with Crippen molar-refractivity contribution in [3.8, 4) is 0 Å². The van der Waals surface area contributed by atoms with Gasteiger partial charge in [0, 0.05) is 23.1 Å². The second-order valence-electron chi connectivity index (χ2n) is 10.1. The molecule has 4 rings (SSSR count). The Balaban J connectivity index is 2.08. The van der Waals surface area contributed by atoms with E-state index in [1.165, 1.54) is 33.5 Å². The van der Waals surface area contributed by atoms with E-state index in [9.17, 15) is 0 Å². The van der Waals surface area contributed by atoms with Crippen LogP contribution in [0.5, 0.6) is 0 Å². The lowest BCUT2D eigenvalue weighted by Crippen LogP contribution is -2.58. The minimum Gasteiger partial charge on any atom is -0.407 e. The fourth-order valence-electron chi connectivity index (χ4n) is 5.73. The highest BCUT2D eigenvalue weighted by Crippen LogP contribution is 2.51. The number of rotatable bonds is 4. The first-order valence-corrected chi connectivity index (χ1v) is 11.6. The average molecular weight is 397 g/mol. The van der Waals surface area contributed by atoms with Crippen molar-refractivity contribution in [3.63, 3.8) is 0 Å². The Hall–Kier alpha value is -2.22. The van der Waals surface area contributed by atoms with Gasteiger partial charge in [-0.3, -0.25) is 0 Å². The van der Waals surface area contributed by atoms with Crippen molar-refractivity contribution in [2.24, 2.45) is 0 Å². The van der Waals surface area contributed by atoms with Crippen LogP contribution in [0.2, 0.25) is 5.82 Å². The molecule has 30 heavy (non-hydrogen) atoms. The zero-order chi connectivity index (χ0) is 21.7. The molecule has 0 bridgehead atoms. The smallest absolute Gasteiger partial charge is 0.301 e. The normalized spacial score (nSPS) is 18.2. The number of anilines is 1. The maximum Gasteiger partial charge on any atom is 0.301 e. The highest BCUT2D eigenvalue weighted by Gasteiger charge is 2.46. The second kappa shape index (κ2) is 7.80. The molecule has 1 nitrogen and oxygen atoms in total. The van der Waals surface area contributed by atoms with E-state index >= 15 is 0 Å². The Bertz CT molecular complexity index is 999. The fourth-order valence-corrected chi connectivity index (χ4v) is 5.73. The summed E-state index contributed by atoms with van der Waals surface area (Å²) < 4.78 is 0. The van der Waals surface area contributed by atoms with Gasteiger partial charge in [0.2, 0.25) is 0 Å². The zero-order valence-electron chi connectivity index (χ0n) is 20.0. The van der Waals surface area contributed by atoms with E-state index in [0.717, 1.165) is 0 Å². The summed E-state index contributed by atoms with van der Waals surface area (Å²) in [5.74, 6) is 1.41. The van der Waals surface area contributed by atoms with Gasteiger partial charge < -0.3 is 4.81 Å². The Morgan fingerprint density at radius 3 is 2.00 bits per heavy atom. The van der Waals surface area contributed by atoms with Crippen LogP contribution in [0, 0.1) is 6.92 Å². The zero-order valence-corrected chi connectivity index (χ0v) is 20.0. The quantitative estimate of drug-likeness (QED) is 0.498. The summed E-state index contributed by atoms with van der Waals surface area (Å²) in [5.41, 5.74) is 11.8. The van der Waals surface area contributed by atoms with E-state index in [-0.39, 0.29) is 0 Å². The van der Waals surface area contributed by atoms with E-state index in [2.05, 4.69) is 109 Å². The monoisotopic (exact) mass is 397 g/mol. The molecule has 1 heterocycles. The average Bonchev–Trinajstić information content (AvgIpc) is 3.07. The molecule has 2 heteroatoms. The van der Waals surface area contributed by atoms with Crippen LogP contribution in [0.25, 0.3) is 5.57 Å². The lowest BCUT2D eigenvalue weighted by atomic mass is 9.39. The number of fused-ring (bicyclic) bond motifs is 3. The molecule has 0 N–H and O–H groups in total. The van der Waals surface area contributed by atoms with Crippen molar-refractivity contribution in [2.75, 3.05) is 4.81 Å². The summed E-state index contributed by atoms with van der Waals surface area (Å²) >= 11 is 0. The summed E-state index contributed by atoms with van der Waals surface area (Å²) in [6.45, 7) is 19.0. The number of hydrogen-bond acceptors (Lipinski definition) is 1. The van der Waals surface area contributed by atoms with Crippen molar-refractivity contribution in [1.82, 2.24) is 0 Å². The maximum absolute atomic E-state index is 2.71. The topological polar surface area (TPSA) is 3.24 Å². The molecule has 1 atom stereocenters. The van der Waals surface area contributed by atoms with Gasteiger partial charge >= 0.3 is 6.85 Å². The molecule has 2 aliphatic rings. The van der Waals surface area contributed by atoms with E-state index < -0.39 is 0 Å². The molecule has 2 aromatic carbocycles. The Morgan fingerprint density at radius 2 is 1.43 bits per heavy atom.